The molecule has 33 heavy (non-hydrogen) atoms. The maximum absolute atomic E-state index is 11.9. The maximum atomic E-state index is 11.9. The number of hydrogen-bond acceptors (Lipinski definition) is 6. The van der Waals surface area contributed by atoms with Gasteiger partial charge < -0.3 is 25.2 Å². The van der Waals surface area contributed by atoms with Crippen molar-refractivity contribution >= 4 is 40.1 Å². The van der Waals surface area contributed by atoms with E-state index in [-0.39, 0.29) is 28.3 Å². The Bertz CT molecular complexity index is 1180. The SMILES string of the molecule is CC(C)(C)C1[C@@H](Oc2cccc3ncnc(Nc4ccc(O)c(Cl)c4)c23)CCCN1C(=O)O. The average Bonchev–Trinajstić information content (AvgIpc) is 2.75. The first-order valence-electron chi connectivity index (χ1n) is 10.8. The molecular weight excluding hydrogens is 444 g/mol. The lowest BCUT2D eigenvalue weighted by atomic mass is 9.79. The largest absolute Gasteiger partial charge is 0.506 e. The minimum Gasteiger partial charge on any atom is -0.506 e. The molecule has 0 saturated carbocycles. The van der Waals surface area contributed by atoms with Crippen molar-refractivity contribution in [2.75, 3.05) is 11.9 Å². The fraction of sp³-hybridized carbons (Fsp3) is 0.375. The molecule has 0 aliphatic carbocycles. The maximum Gasteiger partial charge on any atom is 0.407 e. The molecule has 1 aliphatic heterocycles. The van der Waals surface area contributed by atoms with Crippen LogP contribution in [0, 0.1) is 5.41 Å². The van der Waals surface area contributed by atoms with E-state index in [4.69, 9.17) is 16.3 Å². The molecule has 1 aliphatic rings. The number of fused-ring (bicyclic) bond motifs is 1. The van der Waals surface area contributed by atoms with Gasteiger partial charge >= 0.3 is 6.09 Å². The summed E-state index contributed by atoms with van der Waals surface area (Å²) in [5, 5.41) is 23.6. The summed E-state index contributed by atoms with van der Waals surface area (Å²) in [5.41, 5.74) is 1.03. The first kappa shape index (κ1) is 22.9. The molecule has 2 heterocycles. The van der Waals surface area contributed by atoms with Crippen LogP contribution in [0.3, 0.4) is 0 Å². The number of aromatic nitrogens is 2. The molecule has 2 aromatic carbocycles. The van der Waals surface area contributed by atoms with Gasteiger partial charge in [-0.2, -0.15) is 0 Å². The molecule has 174 valence electrons. The number of nitrogens with one attached hydrogen (secondary N) is 1. The van der Waals surface area contributed by atoms with Gasteiger partial charge in [0.25, 0.3) is 0 Å². The van der Waals surface area contributed by atoms with Crippen molar-refractivity contribution in [1.82, 2.24) is 14.9 Å². The third-order valence-electron chi connectivity index (χ3n) is 5.82. The Morgan fingerprint density at radius 2 is 2.03 bits per heavy atom. The van der Waals surface area contributed by atoms with Crippen LogP contribution in [0.2, 0.25) is 5.02 Å². The van der Waals surface area contributed by atoms with Crippen LogP contribution in [-0.2, 0) is 0 Å². The monoisotopic (exact) mass is 470 g/mol. The summed E-state index contributed by atoms with van der Waals surface area (Å²) in [6, 6.07) is 10.1. The van der Waals surface area contributed by atoms with Gasteiger partial charge in [0, 0.05) is 12.2 Å². The predicted octanol–water partition coefficient (Wildman–Crippen LogP) is 5.67. The summed E-state index contributed by atoms with van der Waals surface area (Å²) in [4.78, 5) is 22.2. The third kappa shape index (κ3) is 4.75. The van der Waals surface area contributed by atoms with Crippen molar-refractivity contribution in [2.24, 2.45) is 5.41 Å². The number of phenolic OH excluding ortho intramolecular Hbond substituents is 1. The molecule has 0 bridgehead atoms. The van der Waals surface area contributed by atoms with Crippen molar-refractivity contribution < 1.29 is 19.7 Å². The summed E-state index contributed by atoms with van der Waals surface area (Å²) in [6.45, 7) is 6.58. The van der Waals surface area contributed by atoms with Crippen LogP contribution in [0.25, 0.3) is 10.9 Å². The van der Waals surface area contributed by atoms with E-state index in [0.717, 1.165) is 12.8 Å². The van der Waals surface area contributed by atoms with Crippen LogP contribution < -0.4 is 10.1 Å². The van der Waals surface area contributed by atoms with E-state index in [2.05, 4.69) is 15.3 Å². The van der Waals surface area contributed by atoms with Crippen molar-refractivity contribution in [2.45, 2.75) is 45.8 Å². The van der Waals surface area contributed by atoms with Gasteiger partial charge in [-0.25, -0.2) is 14.8 Å². The quantitative estimate of drug-likeness (QED) is 0.421. The van der Waals surface area contributed by atoms with Gasteiger partial charge in [0.2, 0.25) is 0 Å². The molecule has 1 amide bonds. The molecule has 8 nitrogen and oxygen atoms in total. The number of hydrogen-bond donors (Lipinski definition) is 3. The average molecular weight is 471 g/mol. The van der Waals surface area contributed by atoms with Gasteiger partial charge in [0.15, 0.2) is 0 Å². The minimum atomic E-state index is -0.934. The second-order valence-corrected chi connectivity index (χ2v) is 9.66. The van der Waals surface area contributed by atoms with E-state index in [1.807, 2.05) is 39.0 Å². The zero-order valence-electron chi connectivity index (χ0n) is 18.7. The van der Waals surface area contributed by atoms with Crippen LogP contribution in [0.1, 0.15) is 33.6 Å². The fourth-order valence-electron chi connectivity index (χ4n) is 4.48. The Balaban J connectivity index is 1.73. The van der Waals surface area contributed by atoms with Crippen molar-refractivity contribution in [3.05, 3.63) is 47.7 Å². The van der Waals surface area contributed by atoms with Crippen LogP contribution >= 0.6 is 11.6 Å². The van der Waals surface area contributed by atoms with Crippen LogP contribution in [0.15, 0.2) is 42.7 Å². The zero-order chi connectivity index (χ0) is 23.8. The number of phenols is 1. The number of rotatable bonds is 4. The number of halogens is 1. The smallest absolute Gasteiger partial charge is 0.407 e. The number of ether oxygens (including phenoxy) is 1. The summed E-state index contributed by atoms with van der Waals surface area (Å²) in [5.74, 6) is 1.09. The third-order valence-corrected chi connectivity index (χ3v) is 6.12. The Hall–Kier alpha value is -3.26. The molecule has 1 unspecified atom stereocenters. The van der Waals surface area contributed by atoms with Crippen molar-refractivity contribution in [3.63, 3.8) is 0 Å². The van der Waals surface area contributed by atoms with Gasteiger partial charge in [-0.3, -0.25) is 0 Å². The second-order valence-electron chi connectivity index (χ2n) is 9.25. The van der Waals surface area contributed by atoms with Gasteiger partial charge in [-0.15, -0.1) is 0 Å². The highest BCUT2D eigenvalue weighted by Gasteiger charge is 2.43. The normalized spacial score (nSPS) is 18.8. The minimum absolute atomic E-state index is 0.00714. The highest BCUT2D eigenvalue weighted by Crippen LogP contribution is 2.38. The lowest BCUT2D eigenvalue weighted by molar-refractivity contribution is -0.0179. The first-order chi connectivity index (χ1) is 15.6. The molecule has 3 aromatic rings. The van der Waals surface area contributed by atoms with Gasteiger partial charge in [0.1, 0.15) is 29.7 Å². The number of anilines is 2. The predicted molar refractivity (Wildman–Crippen MR) is 128 cm³/mol. The lowest BCUT2D eigenvalue weighted by Crippen LogP contribution is -2.58. The number of benzene rings is 2. The summed E-state index contributed by atoms with van der Waals surface area (Å²) in [6.07, 6.45) is 1.67. The molecule has 2 atom stereocenters. The molecule has 0 radical (unpaired) electrons. The van der Waals surface area contributed by atoms with Gasteiger partial charge in [-0.05, 0) is 48.6 Å². The summed E-state index contributed by atoms with van der Waals surface area (Å²) in [7, 11) is 0. The van der Waals surface area contributed by atoms with E-state index in [1.54, 1.807) is 12.1 Å². The van der Waals surface area contributed by atoms with Gasteiger partial charge in [-0.1, -0.05) is 38.4 Å². The zero-order valence-corrected chi connectivity index (χ0v) is 19.5. The molecular formula is C24H27ClN4O4. The van der Waals surface area contributed by atoms with E-state index < -0.39 is 6.09 Å². The topological polar surface area (TPSA) is 108 Å². The number of nitrogens with zero attached hydrogens (tertiary/aromatic N) is 3. The Kier molecular flexibility index (Phi) is 6.21. The number of piperidine rings is 1. The molecule has 3 N–H and O–H groups in total. The molecule has 9 heteroatoms. The second kappa shape index (κ2) is 8.94. The summed E-state index contributed by atoms with van der Waals surface area (Å²) < 4.78 is 6.52. The van der Waals surface area contributed by atoms with Crippen LogP contribution in [0.4, 0.5) is 16.3 Å². The highest BCUT2D eigenvalue weighted by atomic mass is 35.5. The summed E-state index contributed by atoms with van der Waals surface area (Å²) >= 11 is 6.06. The number of carboxylic acid groups (broad SMARTS) is 1. The number of likely N-dealkylation sites (tertiary alicyclic amines) is 1. The Morgan fingerprint density at radius 3 is 2.73 bits per heavy atom. The fourth-order valence-corrected chi connectivity index (χ4v) is 4.66. The van der Waals surface area contributed by atoms with E-state index in [0.29, 0.717) is 34.7 Å². The molecule has 4 rings (SSSR count). The standard InChI is InChI=1S/C24H27ClN4O4/c1-24(2,3)21-19(8-5-11-29(21)23(31)32)33-18-7-4-6-16-20(18)22(27-13-26-16)28-14-9-10-17(30)15(25)12-14/h4,6-7,9-10,12-13,19,21,30H,5,8,11H2,1-3H3,(H,31,32)(H,26,27,28)/t19-,21?/m0/s1. The van der Waals surface area contributed by atoms with Crippen LogP contribution in [-0.4, -0.2) is 49.9 Å². The van der Waals surface area contributed by atoms with E-state index in [9.17, 15) is 15.0 Å². The van der Waals surface area contributed by atoms with E-state index in [1.165, 1.54) is 17.3 Å². The van der Waals surface area contributed by atoms with E-state index >= 15 is 0 Å². The highest BCUT2D eigenvalue weighted by molar-refractivity contribution is 6.32. The molecule has 0 spiro atoms. The van der Waals surface area contributed by atoms with Crippen LogP contribution in [0.5, 0.6) is 11.5 Å². The molecule has 1 fully saturated rings. The first-order valence-corrected chi connectivity index (χ1v) is 11.2. The number of amides is 1. The van der Waals surface area contributed by atoms with Crippen molar-refractivity contribution in [3.8, 4) is 11.5 Å². The molecule has 1 saturated heterocycles. The Morgan fingerprint density at radius 1 is 1.24 bits per heavy atom. The van der Waals surface area contributed by atoms with Crippen molar-refractivity contribution in [1.29, 1.82) is 0 Å². The Labute approximate surface area is 197 Å². The number of carbonyl (C=O) groups is 1. The molecule has 1 aromatic heterocycles. The number of aromatic hydroxyl groups is 1. The van der Waals surface area contributed by atoms with Gasteiger partial charge in [0.05, 0.1) is 22.0 Å². The lowest BCUT2D eigenvalue weighted by Gasteiger charge is -2.46.